The number of halogens is 1. The van der Waals surface area contributed by atoms with Gasteiger partial charge in [0.15, 0.2) is 0 Å². The lowest BCUT2D eigenvalue weighted by Crippen LogP contribution is -1.91. The van der Waals surface area contributed by atoms with Gasteiger partial charge in [0.1, 0.15) is 5.82 Å². The highest BCUT2D eigenvalue weighted by molar-refractivity contribution is 5.82. The van der Waals surface area contributed by atoms with Crippen molar-refractivity contribution in [3.8, 4) is 0 Å². The van der Waals surface area contributed by atoms with Gasteiger partial charge in [0, 0.05) is 12.7 Å². The zero-order valence-corrected chi connectivity index (χ0v) is 7.93. The first kappa shape index (κ1) is 8.23. The van der Waals surface area contributed by atoms with Gasteiger partial charge in [0.2, 0.25) is 0 Å². The van der Waals surface area contributed by atoms with Crippen LogP contribution >= 0.6 is 0 Å². The van der Waals surface area contributed by atoms with Gasteiger partial charge in [-0.25, -0.2) is 4.39 Å². The summed E-state index contributed by atoms with van der Waals surface area (Å²) < 4.78 is 15.2. The molecule has 0 aliphatic carbocycles. The van der Waals surface area contributed by atoms with E-state index in [1.54, 1.807) is 4.68 Å². The van der Waals surface area contributed by atoms with Crippen LogP contribution in [0.4, 0.5) is 4.39 Å². The van der Waals surface area contributed by atoms with E-state index >= 15 is 0 Å². The molecule has 0 saturated carbocycles. The fourth-order valence-electron chi connectivity index (χ4n) is 1.56. The van der Waals surface area contributed by atoms with Gasteiger partial charge in [0.05, 0.1) is 10.9 Å². The average Bonchev–Trinajstić information content (AvgIpc) is 2.27. The fraction of sp³-hybridized carbons (Fsp3) is 0.300. The lowest BCUT2D eigenvalue weighted by Gasteiger charge is -1.95. The quantitative estimate of drug-likeness (QED) is 0.605. The largest absolute Gasteiger partial charge is 0.272 e. The lowest BCUT2D eigenvalue weighted by atomic mass is 10.1. The number of rotatable bonds is 0. The van der Waals surface area contributed by atoms with Crippen molar-refractivity contribution in [3.63, 3.8) is 0 Å². The molecule has 0 N–H and O–H groups in total. The summed E-state index contributed by atoms with van der Waals surface area (Å²) in [4.78, 5) is 0. The molecule has 0 unspecified atom stereocenters. The summed E-state index contributed by atoms with van der Waals surface area (Å²) in [5.74, 6) is -0.180. The van der Waals surface area contributed by atoms with Crippen molar-refractivity contribution in [2.24, 2.45) is 7.05 Å². The summed E-state index contributed by atoms with van der Waals surface area (Å²) in [6, 6.07) is 3.43. The Hall–Kier alpha value is -1.38. The number of hydrogen-bond donors (Lipinski definition) is 0. The molecule has 0 atom stereocenters. The van der Waals surface area contributed by atoms with Crippen molar-refractivity contribution >= 4 is 10.9 Å². The molecule has 0 aliphatic heterocycles. The lowest BCUT2D eigenvalue weighted by molar-refractivity contribution is 0.637. The molecule has 2 rings (SSSR count). The minimum Gasteiger partial charge on any atom is -0.272 e. The molecule has 1 heterocycles. The summed E-state index contributed by atoms with van der Waals surface area (Å²) in [6.45, 7) is 3.74. The molecule has 0 fully saturated rings. The van der Waals surface area contributed by atoms with Crippen molar-refractivity contribution in [3.05, 3.63) is 29.2 Å². The molecule has 68 valence electrons. The van der Waals surface area contributed by atoms with E-state index in [4.69, 9.17) is 0 Å². The van der Waals surface area contributed by atoms with E-state index in [2.05, 4.69) is 5.10 Å². The van der Waals surface area contributed by atoms with E-state index in [-0.39, 0.29) is 5.82 Å². The zero-order valence-electron chi connectivity index (χ0n) is 7.93. The Morgan fingerprint density at radius 2 is 2.00 bits per heavy atom. The summed E-state index contributed by atoms with van der Waals surface area (Å²) in [5, 5.41) is 4.84. The van der Waals surface area contributed by atoms with Crippen molar-refractivity contribution < 1.29 is 4.39 Å². The molecular formula is C10H11FN2. The Morgan fingerprint density at radius 1 is 1.31 bits per heavy atom. The highest BCUT2D eigenvalue weighted by Crippen LogP contribution is 2.21. The summed E-state index contributed by atoms with van der Waals surface area (Å²) in [5.41, 5.74) is 2.51. The minimum absolute atomic E-state index is 0.180. The van der Waals surface area contributed by atoms with E-state index in [0.29, 0.717) is 5.39 Å². The van der Waals surface area contributed by atoms with Crippen LogP contribution in [0.25, 0.3) is 10.9 Å². The van der Waals surface area contributed by atoms with Gasteiger partial charge in [-0.2, -0.15) is 5.10 Å². The third kappa shape index (κ3) is 1.11. The molecule has 0 radical (unpaired) electrons. The predicted molar refractivity (Wildman–Crippen MR) is 50.1 cm³/mol. The molecule has 13 heavy (non-hydrogen) atoms. The van der Waals surface area contributed by atoms with Crippen LogP contribution in [0.1, 0.15) is 11.3 Å². The second-order valence-electron chi connectivity index (χ2n) is 3.35. The van der Waals surface area contributed by atoms with Crippen molar-refractivity contribution in [2.75, 3.05) is 0 Å². The standard InChI is InChI=1S/C10H11FN2/c1-6-4-8(11)10-7(2)13(3)12-9(10)5-6/h4-5H,1-3H3. The summed E-state index contributed by atoms with van der Waals surface area (Å²) in [7, 11) is 1.82. The van der Waals surface area contributed by atoms with Crippen LogP contribution in [-0.2, 0) is 7.05 Å². The number of hydrogen-bond acceptors (Lipinski definition) is 1. The zero-order chi connectivity index (χ0) is 9.59. The van der Waals surface area contributed by atoms with Crippen LogP contribution in [0.2, 0.25) is 0 Å². The Bertz CT molecular complexity index is 471. The van der Waals surface area contributed by atoms with Gasteiger partial charge in [-0.3, -0.25) is 4.68 Å². The molecule has 0 bridgehead atoms. The topological polar surface area (TPSA) is 17.8 Å². The smallest absolute Gasteiger partial charge is 0.134 e. The van der Waals surface area contributed by atoms with E-state index in [9.17, 15) is 4.39 Å². The molecule has 2 nitrogen and oxygen atoms in total. The van der Waals surface area contributed by atoms with E-state index in [1.807, 2.05) is 27.0 Å². The first-order valence-electron chi connectivity index (χ1n) is 4.19. The van der Waals surface area contributed by atoms with Gasteiger partial charge < -0.3 is 0 Å². The molecule has 0 saturated heterocycles. The van der Waals surface area contributed by atoms with Crippen molar-refractivity contribution in [1.82, 2.24) is 9.78 Å². The Balaban J connectivity index is 2.94. The third-order valence-electron chi connectivity index (χ3n) is 2.32. The molecule has 1 aromatic heterocycles. The maximum atomic E-state index is 13.5. The number of benzene rings is 1. The number of nitrogens with zero attached hydrogens (tertiary/aromatic N) is 2. The van der Waals surface area contributed by atoms with Crippen LogP contribution in [-0.4, -0.2) is 9.78 Å². The SMILES string of the molecule is Cc1cc(F)c2c(C)n(C)nc2c1. The first-order valence-corrected chi connectivity index (χ1v) is 4.19. The van der Waals surface area contributed by atoms with Crippen LogP contribution in [0.15, 0.2) is 12.1 Å². The maximum absolute atomic E-state index is 13.5. The maximum Gasteiger partial charge on any atom is 0.134 e. The highest BCUT2D eigenvalue weighted by Gasteiger charge is 2.09. The molecule has 3 heteroatoms. The van der Waals surface area contributed by atoms with Gasteiger partial charge in [-0.15, -0.1) is 0 Å². The van der Waals surface area contributed by atoms with Crippen molar-refractivity contribution in [1.29, 1.82) is 0 Å². The number of aryl methyl sites for hydroxylation is 3. The summed E-state index contributed by atoms with van der Waals surface area (Å²) in [6.07, 6.45) is 0. The van der Waals surface area contributed by atoms with E-state index in [1.165, 1.54) is 6.07 Å². The Kier molecular flexibility index (Phi) is 1.62. The molecule has 0 aliphatic rings. The van der Waals surface area contributed by atoms with Crippen LogP contribution in [0.5, 0.6) is 0 Å². The van der Waals surface area contributed by atoms with Crippen LogP contribution in [0.3, 0.4) is 0 Å². The second-order valence-corrected chi connectivity index (χ2v) is 3.35. The highest BCUT2D eigenvalue weighted by atomic mass is 19.1. The Morgan fingerprint density at radius 3 is 2.69 bits per heavy atom. The number of aromatic nitrogens is 2. The Labute approximate surface area is 76.0 Å². The van der Waals surface area contributed by atoms with Gasteiger partial charge in [-0.05, 0) is 31.5 Å². The average molecular weight is 178 g/mol. The van der Waals surface area contributed by atoms with Gasteiger partial charge >= 0.3 is 0 Å². The molecule has 1 aromatic carbocycles. The predicted octanol–water partition coefficient (Wildman–Crippen LogP) is 2.33. The van der Waals surface area contributed by atoms with Gasteiger partial charge in [0.25, 0.3) is 0 Å². The molecular weight excluding hydrogens is 167 g/mol. The van der Waals surface area contributed by atoms with E-state index < -0.39 is 0 Å². The molecule has 0 amide bonds. The normalized spacial score (nSPS) is 11.1. The molecule has 2 aromatic rings. The summed E-state index contributed by atoms with van der Waals surface area (Å²) >= 11 is 0. The van der Waals surface area contributed by atoms with Crippen LogP contribution in [0, 0.1) is 19.7 Å². The third-order valence-corrected chi connectivity index (χ3v) is 2.32. The number of fused-ring (bicyclic) bond motifs is 1. The molecule has 0 spiro atoms. The van der Waals surface area contributed by atoms with E-state index in [0.717, 1.165) is 16.8 Å². The monoisotopic (exact) mass is 178 g/mol. The second kappa shape index (κ2) is 2.55. The minimum atomic E-state index is -0.180. The first-order chi connectivity index (χ1) is 6.09. The van der Waals surface area contributed by atoms with Crippen LogP contribution < -0.4 is 0 Å². The van der Waals surface area contributed by atoms with Crippen molar-refractivity contribution in [2.45, 2.75) is 13.8 Å². The fourth-order valence-corrected chi connectivity index (χ4v) is 1.56. The van der Waals surface area contributed by atoms with Gasteiger partial charge in [-0.1, -0.05) is 0 Å².